The van der Waals surface area contributed by atoms with Gasteiger partial charge in [0.1, 0.15) is 10.4 Å². The van der Waals surface area contributed by atoms with Crippen LogP contribution in [-0.4, -0.2) is 21.2 Å². The molecule has 4 rings (SSSR count). The van der Waals surface area contributed by atoms with E-state index in [4.69, 9.17) is 4.74 Å². The molecular formula is C25H24IN2OS+. The average molecular weight is 527 g/mol. The summed E-state index contributed by atoms with van der Waals surface area (Å²) >= 11 is 4.27. The summed E-state index contributed by atoms with van der Waals surface area (Å²) in [6.07, 6.45) is 2.32. The van der Waals surface area contributed by atoms with Gasteiger partial charge in [-0.15, -0.1) is 0 Å². The Labute approximate surface area is 195 Å². The smallest absolute Gasteiger partial charge is 0.264 e. The van der Waals surface area contributed by atoms with Crippen molar-refractivity contribution in [1.82, 2.24) is 0 Å². The van der Waals surface area contributed by atoms with E-state index in [1.165, 1.54) is 37.6 Å². The molecule has 0 saturated carbocycles. The number of nitrogens with zero attached hydrogens (tertiary/aromatic N) is 2. The number of rotatable bonds is 6. The first kappa shape index (κ1) is 20.9. The Balaban J connectivity index is 1.88. The first-order valence-electron chi connectivity index (χ1n) is 9.72. The number of thiazole rings is 1. The first-order chi connectivity index (χ1) is 14.6. The minimum atomic E-state index is 0.866. The number of hydrogen-bond donors (Lipinski definition) is 0. The number of para-hydroxylation sites is 1. The number of halogens is 1. The topological polar surface area (TPSA) is 16.4 Å². The van der Waals surface area contributed by atoms with Gasteiger partial charge in [-0.25, -0.2) is 0 Å². The lowest BCUT2D eigenvalue weighted by atomic mass is 9.97. The number of aromatic nitrogens is 1. The lowest BCUT2D eigenvalue weighted by Gasteiger charge is -2.14. The van der Waals surface area contributed by atoms with Gasteiger partial charge in [0.15, 0.2) is 4.55 Å². The van der Waals surface area contributed by atoms with Gasteiger partial charge >= 0.3 is 0 Å². The van der Waals surface area contributed by atoms with Gasteiger partial charge in [0, 0.05) is 31.9 Å². The second-order valence-corrected chi connectivity index (χ2v) is 8.93. The van der Waals surface area contributed by atoms with Crippen molar-refractivity contribution in [1.29, 1.82) is 0 Å². The Bertz CT molecular complexity index is 1180. The molecule has 0 aliphatic heterocycles. The second-order valence-electron chi connectivity index (χ2n) is 7.18. The maximum atomic E-state index is 5.36. The highest BCUT2D eigenvalue weighted by molar-refractivity contribution is 14.1. The van der Waals surface area contributed by atoms with E-state index in [1.54, 1.807) is 7.11 Å². The van der Waals surface area contributed by atoms with Crippen molar-refractivity contribution in [2.45, 2.75) is 4.55 Å². The van der Waals surface area contributed by atoms with Gasteiger partial charge in [-0.3, -0.25) is 0 Å². The van der Waals surface area contributed by atoms with E-state index in [0.29, 0.717) is 0 Å². The summed E-state index contributed by atoms with van der Waals surface area (Å²) in [5, 5.41) is 1.24. The van der Waals surface area contributed by atoms with Gasteiger partial charge in [-0.1, -0.05) is 47.7 Å². The van der Waals surface area contributed by atoms with Gasteiger partial charge in [0.05, 0.1) is 7.11 Å². The second kappa shape index (κ2) is 9.18. The van der Waals surface area contributed by atoms with Crippen LogP contribution in [0.4, 0.5) is 5.69 Å². The predicted molar refractivity (Wildman–Crippen MR) is 137 cm³/mol. The Morgan fingerprint density at radius 1 is 0.967 bits per heavy atom. The number of fused-ring (bicyclic) bond motifs is 1. The molecule has 0 fully saturated rings. The van der Waals surface area contributed by atoms with Crippen LogP contribution in [0.1, 0.15) is 16.1 Å². The van der Waals surface area contributed by atoms with Crippen molar-refractivity contribution in [2.24, 2.45) is 0 Å². The van der Waals surface area contributed by atoms with Gasteiger partial charge < -0.3 is 9.64 Å². The van der Waals surface area contributed by atoms with Crippen LogP contribution in [-0.2, 0) is 4.55 Å². The summed E-state index contributed by atoms with van der Waals surface area (Å²) < 4.78 is 9.95. The van der Waals surface area contributed by atoms with Gasteiger partial charge in [0.2, 0.25) is 5.52 Å². The van der Waals surface area contributed by atoms with Crippen LogP contribution in [0, 0.1) is 0 Å². The van der Waals surface area contributed by atoms with E-state index >= 15 is 0 Å². The molecule has 1 aromatic heterocycles. The Morgan fingerprint density at radius 2 is 1.60 bits per heavy atom. The molecule has 0 aliphatic rings. The number of benzene rings is 3. The van der Waals surface area contributed by atoms with Crippen molar-refractivity contribution in [3.8, 4) is 5.75 Å². The van der Waals surface area contributed by atoms with E-state index < -0.39 is 0 Å². The minimum absolute atomic E-state index is 0.866. The molecule has 0 atom stereocenters. The zero-order valence-corrected chi connectivity index (χ0v) is 20.3. The van der Waals surface area contributed by atoms with E-state index in [1.807, 2.05) is 23.5 Å². The summed E-state index contributed by atoms with van der Waals surface area (Å²) in [4.78, 5) is 2.12. The minimum Gasteiger partial charge on any atom is -0.497 e. The summed E-state index contributed by atoms with van der Waals surface area (Å²) in [5.74, 6) is 0.866. The van der Waals surface area contributed by atoms with E-state index in [9.17, 15) is 0 Å². The molecule has 0 saturated heterocycles. The molecule has 1 heterocycles. The largest absolute Gasteiger partial charge is 0.497 e. The normalized spacial score (nSPS) is 11.7. The summed E-state index contributed by atoms with van der Waals surface area (Å²) in [6, 6.07) is 25.7. The third-order valence-corrected chi connectivity index (χ3v) is 6.91. The number of alkyl halides is 1. The number of hydrogen-bond acceptors (Lipinski definition) is 3. The summed E-state index contributed by atoms with van der Waals surface area (Å²) in [7, 11) is 5.83. The molecule has 5 heteroatoms. The quantitative estimate of drug-likeness (QED) is 0.168. The Morgan fingerprint density at radius 3 is 2.20 bits per heavy atom. The molecular weight excluding hydrogens is 503 g/mol. The zero-order chi connectivity index (χ0) is 21.1. The molecule has 0 aliphatic carbocycles. The first-order valence-corrected chi connectivity index (χ1v) is 12.1. The molecule has 0 amide bonds. The van der Waals surface area contributed by atoms with Gasteiger partial charge in [-0.05, 0) is 69.6 Å². The number of ether oxygens (including phenoxy) is 1. The van der Waals surface area contributed by atoms with Gasteiger partial charge in [-0.2, -0.15) is 4.57 Å². The molecule has 0 N–H and O–H groups in total. The van der Waals surface area contributed by atoms with Crippen molar-refractivity contribution in [3.63, 3.8) is 0 Å². The van der Waals surface area contributed by atoms with Crippen LogP contribution in [0.25, 0.3) is 21.9 Å². The number of methoxy groups -OCH3 is 1. The van der Waals surface area contributed by atoms with Crippen molar-refractivity contribution >= 4 is 61.5 Å². The van der Waals surface area contributed by atoms with Crippen molar-refractivity contribution < 1.29 is 9.30 Å². The van der Waals surface area contributed by atoms with Crippen LogP contribution in [0.15, 0.2) is 72.8 Å². The van der Waals surface area contributed by atoms with Crippen LogP contribution < -0.4 is 14.2 Å². The maximum Gasteiger partial charge on any atom is 0.264 e. The van der Waals surface area contributed by atoms with E-state index in [0.717, 1.165) is 10.3 Å². The fourth-order valence-corrected chi connectivity index (χ4v) is 5.52. The molecule has 0 unspecified atom stereocenters. The Hall–Kier alpha value is -2.38. The predicted octanol–water partition coefficient (Wildman–Crippen LogP) is 6.24. The van der Waals surface area contributed by atoms with E-state index in [2.05, 4.69) is 113 Å². The van der Waals surface area contributed by atoms with Gasteiger partial charge in [0.25, 0.3) is 5.01 Å². The van der Waals surface area contributed by atoms with Crippen molar-refractivity contribution in [2.75, 3.05) is 26.1 Å². The standard InChI is InChI=1S/C25H24IN2OS/c1-27(2)20-12-8-18(9-13-20)22(19-10-14-21(29-3)15-11-19)16-25-28(17-26)23-6-4-5-7-24(23)30-25/h4-16H,17H2,1-3H3/q+1. The molecule has 152 valence electrons. The summed E-state index contributed by atoms with van der Waals surface area (Å²) in [6.45, 7) is 0. The molecule has 3 aromatic carbocycles. The molecule has 4 aromatic rings. The third-order valence-electron chi connectivity index (χ3n) is 5.12. The molecule has 0 radical (unpaired) electrons. The molecule has 30 heavy (non-hydrogen) atoms. The average Bonchev–Trinajstić information content (AvgIpc) is 3.15. The fraction of sp³-hybridized carbons (Fsp3) is 0.160. The monoisotopic (exact) mass is 527 g/mol. The van der Waals surface area contributed by atoms with Crippen LogP contribution in [0.2, 0.25) is 0 Å². The number of anilines is 1. The third kappa shape index (κ3) is 4.23. The fourth-order valence-electron chi connectivity index (χ4n) is 3.45. The highest BCUT2D eigenvalue weighted by Crippen LogP contribution is 2.31. The highest BCUT2D eigenvalue weighted by atomic mass is 127. The molecule has 3 nitrogen and oxygen atoms in total. The van der Waals surface area contributed by atoms with Crippen LogP contribution >= 0.6 is 33.9 Å². The van der Waals surface area contributed by atoms with Crippen molar-refractivity contribution in [3.05, 3.63) is 88.9 Å². The Kier molecular flexibility index (Phi) is 6.39. The van der Waals surface area contributed by atoms with Crippen LogP contribution in [0.5, 0.6) is 5.75 Å². The van der Waals surface area contributed by atoms with Crippen LogP contribution in [0.3, 0.4) is 0 Å². The summed E-state index contributed by atoms with van der Waals surface area (Å²) in [5.41, 5.74) is 6.04. The lowest BCUT2D eigenvalue weighted by molar-refractivity contribution is -0.641. The SMILES string of the molecule is COc1ccc(/C(=C/c2sc3ccccc3[n+]2CI)c2ccc(N(C)C)cc2)cc1. The maximum absolute atomic E-state index is 5.36. The highest BCUT2D eigenvalue weighted by Gasteiger charge is 2.19. The zero-order valence-electron chi connectivity index (χ0n) is 17.3. The molecule has 0 spiro atoms. The van der Waals surface area contributed by atoms with E-state index in [-0.39, 0.29) is 0 Å². The molecule has 0 bridgehead atoms. The lowest BCUT2D eigenvalue weighted by Crippen LogP contribution is -2.32.